The molecule has 0 radical (unpaired) electrons. The van der Waals surface area contributed by atoms with Crippen LogP contribution in [0, 0.1) is 5.92 Å². The molecule has 120 valence electrons. The molecule has 3 atom stereocenters. The Labute approximate surface area is 134 Å². The molecule has 1 amide bonds. The van der Waals surface area contributed by atoms with Gasteiger partial charge < -0.3 is 10.2 Å². The first-order valence-corrected chi connectivity index (χ1v) is 8.82. The van der Waals surface area contributed by atoms with E-state index in [1.54, 1.807) is 0 Å². The molecule has 0 spiro atoms. The maximum absolute atomic E-state index is 12.9. The lowest BCUT2D eigenvalue weighted by molar-refractivity contribution is -0.137. The van der Waals surface area contributed by atoms with E-state index in [9.17, 15) is 4.79 Å². The van der Waals surface area contributed by atoms with Crippen LogP contribution in [0.15, 0.2) is 30.3 Å². The van der Waals surface area contributed by atoms with Crippen molar-refractivity contribution in [3.05, 3.63) is 35.9 Å². The summed E-state index contributed by atoms with van der Waals surface area (Å²) in [6.45, 7) is 4.15. The summed E-state index contributed by atoms with van der Waals surface area (Å²) in [6, 6.07) is 11.6. The minimum absolute atomic E-state index is 0.244. The van der Waals surface area contributed by atoms with Crippen LogP contribution in [0.4, 0.5) is 0 Å². The molecule has 2 aliphatic heterocycles. The Kier molecular flexibility index (Phi) is 5.14. The predicted octanol–water partition coefficient (Wildman–Crippen LogP) is 3.00. The lowest BCUT2D eigenvalue weighted by Crippen LogP contribution is -2.45. The molecule has 0 bridgehead atoms. The fourth-order valence-corrected chi connectivity index (χ4v) is 3.99. The molecule has 0 aliphatic carbocycles. The van der Waals surface area contributed by atoms with Gasteiger partial charge in [-0.3, -0.25) is 4.79 Å². The Morgan fingerprint density at radius 1 is 1.27 bits per heavy atom. The standard InChI is InChI=1S/C19H28N2O/c1-15-14-17(11-12-20-15)19(22)21-13-5-8-18(21)10-9-16-6-3-2-4-7-16/h2-4,6-7,15,17-18,20H,5,8-14H2,1H3/t15-,17-,18?/m0/s1. The first-order chi connectivity index (χ1) is 10.7. The summed E-state index contributed by atoms with van der Waals surface area (Å²) < 4.78 is 0. The highest BCUT2D eigenvalue weighted by molar-refractivity contribution is 5.79. The highest BCUT2D eigenvalue weighted by Crippen LogP contribution is 2.27. The summed E-state index contributed by atoms with van der Waals surface area (Å²) in [5.74, 6) is 0.664. The molecule has 1 aromatic carbocycles. The number of likely N-dealkylation sites (tertiary alicyclic amines) is 1. The third-order valence-corrected chi connectivity index (χ3v) is 5.24. The fourth-order valence-electron chi connectivity index (χ4n) is 3.99. The molecular weight excluding hydrogens is 272 g/mol. The number of aryl methyl sites for hydroxylation is 1. The average molecular weight is 300 g/mol. The van der Waals surface area contributed by atoms with E-state index in [-0.39, 0.29) is 5.92 Å². The van der Waals surface area contributed by atoms with E-state index in [0.29, 0.717) is 18.0 Å². The highest BCUT2D eigenvalue weighted by Gasteiger charge is 2.34. The van der Waals surface area contributed by atoms with E-state index in [4.69, 9.17) is 0 Å². The number of benzene rings is 1. The minimum atomic E-state index is 0.244. The molecule has 2 aliphatic rings. The summed E-state index contributed by atoms with van der Waals surface area (Å²) >= 11 is 0. The minimum Gasteiger partial charge on any atom is -0.339 e. The number of hydrogen-bond donors (Lipinski definition) is 1. The van der Waals surface area contributed by atoms with Crippen LogP contribution in [-0.4, -0.2) is 36.0 Å². The summed E-state index contributed by atoms with van der Waals surface area (Å²) in [6.07, 6.45) is 6.55. The van der Waals surface area contributed by atoms with Crippen LogP contribution in [-0.2, 0) is 11.2 Å². The van der Waals surface area contributed by atoms with E-state index >= 15 is 0 Å². The normalized spacial score (nSPS) is 28.8. The second kappa shape index (κ2) is 7.28. The van der Waals surface area contributed by atoms with E-state index in [2.05, 4.69) is 47.5 Å². The van der Waals surface area contributed by atoms with Gasteiger partial charge in [-0.2, -0.15) is 0 Å². The summed E-state index contributed by atoms with van der Waals surface area (Å²) in [7, 11) is 0. The summed E-state index contributed by atoms with van der Waals surface area (Å²) in [5, 5.41) is 3.44. The molecule has 3 heteroatoms. The van der Waals surface area contributed by atoms with Crippen LogP contribution >= 0.6 is 0 Å². The second-order valence-corrected chi connectivity index (χ2v) is 6.93. The van der Waals surface area contributed by atoms with Crippen LogP contribution < -0.4 is 5.32 Å². The van der Waals surface area contributed by atoms with Gasteiger partial charge in [0, 0.05) is 24.5 Å². The van der Waals surface area contributed by atoms with Gasteiger partial charge in [-0.1, -0.05) is 30.3 Å². The maximum Gasteiger partial charge on any atom is 0.226 e. The molecule has 0 saturated carbocycles. The topological polar surface area (TPSA) is 32.3 Å². The van der Waals surface area contributed by atoms with Crippen molar-refractivity contribution in [1.29, 1.82) is 0 Å². The third kappa shape index (κ3) is 3.70. The van der Waals surface area contributed by atoms with Gasteiger partial charge in [0.25, 0.3) is 0 Å². The van der Waals surface area contributed by atoms with E-state index < -0.39 is 0 Å². The van der Waals surface area contributed by atoms with Crippen molar-refractivity contribution >= 4 is 5.91 Å². The number of carbonyl (C=O) groups is 1. The number of rotatable bonds is 4. The number of amides is 1. The summed E-state index contributed by atoms with van der Waals surface area (Å²) in [4.78, 5) is 15.1. The van der Waals surface area contributed by atoms with Gasteiger partial charge in [-0.05, 0) is 57.6 Å². The molecule has 3 rings (SSSR count). The Morgan fingerprint density at radius 2 is 2.09 bits per heavy atom. The Morgan fingerprint density at radius 3 is 2.86 bits per heavy atom. The van der Waals surface area contributed by atoms with Crippen molar-refractivity contribution in [2.24, 2.45) is 5.92 Å². The van der Waals surface area contributed by atoms with Gasteiger partial charge in [0.2, 0.25) is 5.91 Å². The summed E-state index contributed by atoms with van der Waals surface area (Å²) in [5.41, 5.74) is 1.39. The first-order valence-electron chi connectivity index (χ1n) is 8.82. The van der Waals surface area contributed by atoms with Gasteiger partial charge in [0.05, 0.1) is 0 Å². The molecule has 2 fully saturated rings. The molecule has 2 saturated heterocycles. The lowest BCUT2D eigenvalue weighted by atomic mass is 9.91. The third-order valence-electron chi connectivity index (χ3n) is 5.24. The fraction of sp³-hybridized carbons (Fsp3) is 0.632. The van der Waals surface area contributed by atoms with Crippen molar-refractivity contribution < 1.29 is 4.79 Å². The van der Waals surface area contributed by atoms with Crippen LogP contribution in [0.5, 0.6) is 0 Å². The molecule has 0 aromatic heterocycles. The highest BCUT2D eigenvalue weighted by atomic mass is 16.2. The number of carbonyl (C=O) groups excluding carboxylic acids is 1. The number of hydrogen-bond acceptors (Lipinski definition) is 2. The molecule has 1 N–H and O–H groups in total. The predicted molar refractivity (Wildman–Crippen MR) is 89.7 cm³/mol. The lowest BCUT2D eigenvalue weighted by Gasteiger charge is -2.33. The molecule has 2 heterocycles. The Hall–Kier alpha value is -1.35. The van der Waals surface area contributed by atoms with Crippen molar-refractivity contribution in [3.8, 4) is 0 Å². The van der Waals surface area contributed by atoms with E-state index in [1.807, 2.05) is 0 Å². The zero-order valence-electron chi connectivity index (χ0n) is 13.6. The van der Waals surface area contributed by atoms with Gasteiger partial charge >= 0.3 is 0 Å². The molecular formula is C19H28N2O. The first kappa shape index (κ1) is 15.5. The van der Waals surface area contributed by atoms with E-state index in [1.165, 1.54) is 18.4 Å². The van der Waals surface area contributed by atoms with Gasteiger partial charge in [-0.25, -0.2) is 0 Å². The van der Waals surface area contributed by atoms with Crippen LogP contribution in [0.25, 0.3) is 0 Å². The van der Waals surface area contributed by atoms with Crippen molar-refractivity contribution in [1.82, 2.24) is 10.2 Å². The van der Waals surface area contributed by atoms with Crippen molar-refractivity contribution in [2.45, 2.75) is 57.5 Å². The van der Waals surface area contributed by atoms with Crippen LogP contribution in [0.2, 0.25) is 0 Å². The Bertz CT molecular complexity index is 487. The quantitative estimate of drug-likeness (QED) is 0.927. The van der Waals surface area contributed by atoms with Gasteiger partial charge in [0.1, 0.15) is 0 Å². The number of nitrogens with one attached hydrogen (secondary N) is 1. The molecule has 22 heavy (non-hydrogen) atoms. The van der Waals surface area contributed by atoms with Gasteiger partial charge in [-0.15, -0.1) is 0 Å². The SMILES string of the molecule is C[C@H]1C[C@@H](C(=O)N2CCCC2CCc2ccccc2)CCN1. The number of piperidine rings is 1. The molecule has 1 aromatic rings. The van der Waals surface area contributed by atoms with E-state index in [0.717, 1.165) is 38.8 Å². The maximum atomic E-state index is 12.9. The average Bonchev–Trinajstić information content (AvgIpc) is 3.01. The smallest absolute Gasteiger partial charge is 0.226 e. The van der Waals surface area contributed by atoms with Crippen LogP contribution in [0.1, 0.15) is 44.6 Å². The van der Waals surface area contributed by atoms with Gasteiger partial charge in [0.15, 0.2) is 0 Å². The van der Waals surface area contributed by atoms with Crippen LogP contribution in [0.3, 0.4) is 0 Å². The molecule has 1 unspecified atom stereocenters. The largest absolute Gasteiger partial charge is 0.339 e. The monoisotopic (exact) mass is 300 g/mol. The van der Waals surface area contributed by atoms with Crippen molar-refractivity contribution in [2.75, 3.05) is 13.1 Å². The molecule has 3 nitrogen and oxygen atoms in total. The Balaban J connectivity index is 1.56. The number of nitrogens with zero attached hydrogens (tertiary/aromatic N) is 1. The second-order valence-electron chi connectivity index (χ2n) is 6.93. The van der Waals surface area contributed by atoms with Crippen molar-refractivity contribution in [3.63, 3.8) is 0 Å². The zero-order valence-corrected chi connectivity index (χ0v) is 13.6. The zero-order chi connectivity index (χ0) is 15.4.